The lowest BCUT2D eigenvalue weighted by molar-refractivity contribution is 0.298. The minimum Gasteiger partial charge on any atom is -0.508 e. The minimum absolute atomic E-state index is 0.242. The normalized spacial score (nSPS) is 11.8. The molecule has 0 unspecified atom stereocenters. The zero-order chi connectivity index (χ0) is 18.8. The predicted octanol–water partition coefficient (Wildman–Crippen LogP) is 4.24. The van der Waals surface area contributed by atoms with Crippen LogP contribution in [0.4, 0.5) is 0 Å². The van der Waals surface area contributed by atoms with Crippen molar-refractivity contribution >= 4 is 7.60 Å². The van der Waals surface area contributed by atoms with E-state index in [2.05, 4.69) is 0 Å². The average molecular weight is 364 g/mol. The van der Waals surface area contributed by atoms with Crippen LogP contribution in [0.5, 0.6) is 11.5 Å². The number of aromatic hydroxyl groups is 1. The first-order chi connectivity index (χ1) is 11.6. The molecule has 0 aromatic heterocycles. The molecule has 0 spiro atoms. The number of rotatable bonds is 6. The first kappa shape index (κ1) is 19.5. The minimum atomic E-state index is -4.20. The van der Waals surface area contributed by atoms with Crippen LogP contribution >= 0.6 is 7.60 Å². The Bertz CT molecular complexity index is 784. The molecule has 2 aromatic rings. The third-order valence-corrected chi connectivity index (χ3v) is 4.48. The Balaban J connectivity index is 2.24. The molecule has 136 valence electrons. The van der Waals surface area contributed by atoms with E-state index in [1.165, 1.54) is 0 Å². The fraction of sp³-hybridized carbons (Fsp3) is 0.368. The summed E-state index contributed by atoms with van der Waals surface area (Å²) in [7, 11) is -4.20. The lowest BCUT2D eigenvalue weighted by atomic mass is 9.95. The van der Waals surface area contributed by atoms with Gasteiger partial charge < -0.3 is 19.6 Å². The van der Waals surface area contributed by atoms with E-state index in [4.69, 9.17) is 14.5 Å². The van der Waals surface area contributed by atoms with Crippen LogP contribution < -0.4 is 4.74 Å². The van der Waals surface area contributed by atoms with Crippen LogP contribution in [0.2, 0.25) is 0 Å². The molecule has 6 heteroatoms. The van der Waals surface area contributed by atoms with Crippen molar-refractivity contribution < 1.29 is 24.2 Å². The zero-order valence-corrected chi connectivity index (χ0v) is 15.9. The molecule has 2 aromatic carbocycles. The van der Waals surface area contributed by atoms with Crippen molar-refractivity contribution in [3.63, 3.8) is 0 Å². The molecule has 0 saturated carbocycles. The van der Waals surface area contributed by atoms with E-state index >= 15 is 0 Å². The molecule has 0 aliphatic carbocycles. The van der Waals surface area contributed by atoms with E-state index in [0.717, 1.165) is 27.8 Å². The van der Waals surface area contributed by atoms with Crippen LogP contribution in [0.3, 0.4) is 0 Å². The smallest absolute Gasteiger partial charge is 0.362 e. The van der Waals surface area contributed by atoms with E-state index in [1.807, 2.05) is 52.0 Å². The first-order valence-electron chi connectivity index (χ1n) is 8.16. The highest BCUT2D eigenvalue weighted by molar-refractivity contribution is 7.51. The molecule has 0 amide bonds. The number of benzene rings is 2. The predicted molar refractivity (Wildman–Crippen MR) is 98.5 cm³/mol. The highest BCUT2D eigenvalue weighted by Gasteiger charge is 2.16. The summed E-state index contributed by atoms with van der Waals surface area (Å²) in [4.78, 5) is 17.9. The van der Waals surface area contributed by atoms with E-state index < -0.39 is 13.9 Å². The van der Waals surface area contributed by atoms with Crippen molar-refractivity contribution in [2.75, 3.05) is 6.35 Å². The van der Waals surface area contributed by atoms with Crippen molar-refractivity contribution in [2.45, 2.75) is 40.0 Å². The number of phenolic OH excluding ortho intramolecular Hbond substituents is 1. The summed E-state index contributed by atoms with van der Waals surface area (Å²) in [6.45, 7) is 7.81. The monoisotopic (exact) mass is 364 g/mol. The van der Waals surface area contributed by atoms with Crippen LogP contribution in [0.25, 0.3) is 0 Å². The second kappa shape index (κ2) is 7.61. The summed E-state index contributed by atoms with van der Waals surface area (Å²) < 4.78 is 16.3. The van der Waals surface area contributed by atoms with Crippen molar-refractivity contribution in [1.29, 1.82) is 0 Å². The van der Waals surface area contributed by atoms with Gasteiger partial charge in [-0.1, -0.05) is 38.1 Å². The van der Waals surface area contributed by atoms with Crippen molar-refractivity contribution in [1.82, 2.24) is 0 Å². The van der Waals surface area contributed by atoms with E-state index in [9.17, 15) is 9.67 Å². The van der Waals surface area contributed by atoms with Gasteiger partial charge in [-0.3, -0.25) is 4.57 Å². The van der Waals surface area contributed by atoms with Gasteiger partial charge in [-0.05, 0) is 60.1 Å². The molecule has 25 heavy (non-hydrogen) atoms. The van der Waals surface area contributed by atoms with Crippen LogP contribution in [-0.2, 0) is 11.0 Å². The van der Waals surface area contributed by atoms with Crippen molar-refractivity contribution in [2.24, 2.45) is 0 Å². The van der Waals surface area contributed by atoms with Crippen LogP contribution in [0.15, 0.2) is 30.3 Å². The molecule has 0 heterocycles. The van der Waals surface area contributed by atoms with Gasteiger partial charge in [0.05, 0.1) is 0 Å². The van der Waals surface area contributed by atoms with Gasteiger partial charge in [0.25, 0.3) is 0 Å². The van der Waals surface area contributed by atoms with Gasteiger partial charge in [0.15, 0.2) is 6.35 Å². The zero-order valence-electron chi connectivity index (χ0n) is 15.0. The third-order valence-electron chi connectivity index (χ3n) is 4.02. The maximum Gasteiger partial charge on any atom is 0.362 e. The molecular weight excluding hydrogens is 339 g/mol. The van der Waals surface area contributed by atoms with Gasteiger partial charge in [-0.2, -0.15) is 0 Å². The fourth-order valence-corrected chi connectivity index (χ4v) is 3.23. The quantitative estimate of drug-likeness (QED) is 0.668. The number of hydrogen-bond donors (Lipinski definition) is 3. The molecule has 0 aliphatic heterocycles. The number of aryl methyl sites for hydroxylation is 2. The largest absolute Gasteiger partial charge is 0.508 e. The summed E-state index contributed by atoms with van der Waals surface area (Å²) in [6, 6.07) is 9.57. The average Bonchev–Trinajstić information content (AvgIpc) is 2.47. The van der Waals surface area contributed by atoms with Gasteiger partial charge >= 0.3 is 7.60 Å². The lowest BCUT2D eigenvalue weighted by Crippen LogP contribution is -2.02. The Morgan fingerprint density at radius 2 is 1.64 bits per heavy atom. The molecule has 2 rings (SSSR count). The van der Waals surface area contributed by atoms with Crippen LogP contribution in [0.1, 0.15) is 47.6 Å². The van der Waals surface area contributed by atoms with Crippen molar-refractivity contribution in [3.8, 4) is 11.5 Å². The molecular formula is C19H25O5P. The molecule has 3 N–H and O–H groups in total. The summed E-state index contributed by atoms with van der Waals surface area (Å²) in [5.41, 5.74) is 4.79. The Morgan fingerprint density at radius 1 is 1.04 bits per heavy atom. The van der Waals surface area contributed by atoms with Gasteiger partial charge in [0, 0.05) is 0 Å². The van der Waals surface area contributed by atoms with E-state index in [-0.39, 0.29) is 5.92 Å². The standard InChI is InChI=1S/C19H25O5P/c1-12(2)17-10-15(5-6-18(17)20)9-16-7-13(3)19(14(4)8-16)24-11-25(21,22)23/h5-8,10,12,20H,9,11H2,1-4H3,(H2,21,22,23). The maximum absolute atomic E-state index is 11.0. The Labute approximate surface area is 148 Å². The lowest BCUT2D eigenvalue weighted by Gasteiger charge is -2.15. The number of ether oxygens (including phenoxy) is 1. The Kier molecular flexibility index (Phi) is 5.94. The Hall–Kier alpha value is -1.81. The molecule has 0 saturated heterocycles. The van der Waals surface area contributed by atoms with E-state index in [0.29, 0.717) is 17.9 Å². The van der Waals surface area contributed by atoms with Crippen molar-refractivity contribution in [3.05, 3.63) is 58.1 Å². The van der Waals surface area contributed by atoms with E-state index in [1.54, 1.807) is 6.07 Å². The van der Waals surface area contributed by atoms with Gasteiger partial charge in [-0.15, -0.1) is 0 Å². The molecule has 0 fully saturated rings. The summed E-state index contributed by atoms with van der Waals surface area (Å²) >= 11 is 0. The molecule has 0 bridgehead atoms. The first-order valence-corrected chi connectivity index (χ1v) is 9.96. The maximum atomic E-state index is 11.0. The summed E-state index contributed by atoms with van der Waals surface area (Å²) in [5, 5.41) is 9.94. The third kappa shape index (κ3) is 5.33. The molecule has 0 aliphatic rings. The SMILES string of the molecule is Cc1cc(Cc2ccc(O)c(C(C)C)c2)cc(C)c1OCP(=O)(O)O. The van der Waals surface area contributed by atoms with Gasteiger partial charge in [0.2, 0.25) is 0 Å². The Morgan fingerprint density at radius 3 is 2.16 bits per heavy atom. The highest BCUT2D eigenvalue weighted by atomic mass is 31.2. The van der Waals surface area contributed by atoms with Gasteiger partial charge in [-0.25, -0.2) is 0 Å². The number of phenols is 1. The summed E-state index contributed by atoms with van der Waals surface area (Å²) in [6.07, 6.45) is 0.0875. The summed E-state index contributed by atoms with van der Waals surface area (Å²) in [5.74, 6) is 1.07. The second-order valence-corrected chi connectivity index (χ2v) is 8.31. The number of hydrogen-bond acceptors (Lipinski definition) is 3. The molecule has 5 nitrogen and oxygen atoms in total. The molecule has 0 atom stereocenters. The topological polar surface area (TPSA) is 87.0 Å². The van der Waals surface area contributed by atoms with Crippen LogP contribution in [-0.4, -0.2) is 21.2 Å². The van der Waals surface area contributed by atoms with Gasteiger partial charge in [0.1, 0.15) is 11.5 Å². The van der Waals surface area contributed by atoms with Crippen LogP contribution in [0, 0.1) is 13.8 Å². The molecule has 0 radical (unpaired) electrons. The second-order valence-electron chi connectivity index (χ2n) is 6.72. The highest BCUT2D eigenvalue weighted by Crippen LogP contribution is 2.36. The fourth-order valence-electron chi connectivity index (χ4n) is 2.93.